The van der Waals surface area contributed by atoms with Crippen molar-refractivity contribution in [2.75, 3.05) is 6.54 Å². The van der Waals surface area contributed by atoms with Crippen LogP contribution in [-0.2, 0) is 11.3 Å². The number of nitrogens with zero attached hydrogens (tertiary/aromatic N) is 4. The van der Waals surface area contributed by atoms with Crippen molar-refractivity contribution in [2.45, 2.75) is 19.9 Å². The van der Waals surface area contributed by atoms with Crippen molar-refractivity contribution < 1.29 is 4.79 Å². The second-order valence-electron chi connectivity index (χ2n) is 5.20. The van der Waals surface area contributed by atoms with Crippen LogP contribution in [0, 0.1) is 6.92 Å². The Kier molecular flexibility index (Phi) is 4.85. The van der Waals surface area contributed by atoms with E-state index >= 15 is 0 Å². The van der Waals surface area contributed by atoms with Crippen LogP contribution in [0.15, 0.2) is 40.6 Å². The van der Waals surface area contributed by atoms with Crippen LogP contribution in [0.25, 0.3) is 11.7 Å². The van der Waals surface area contributed by atoms with Crippen molar-refractivity contribution in [3.63, 3.8) is 0 Å². The second kappa shape index (κ2) is 7.22. The number of thiazole rings is 1. The minimum atomic E-state index is -0.178. The van der Waals surface area contributed by atoms with Gasteiger partial charge in [0.15, 0.2) is 5.65 Å². The molecule has 0 saturated heterocycles. The number of aryl methyl sites for hydroxylation is 2. The number of nitrogens with one attached hydrogen (secondary N) is 1. The predicted molar refractivity (Wildman–Crippen MR) is 93.0 cm³/mol. The van der Waals surface area contributed by atoms with Crippen LogP contribution in [-0.4, -0.2) is 31.6 Å². The summed E-state index contributed by atoms with van der Waals surface area (Å²) in [5.41, 5.74) is 1.23. The average Bonchev–Trinajstić information content (AvgIpc) is 3.14. The number of rotatable bonds is 6. The monoisotopic (exact) mass is 343 g/mol. The summed E-state index contributed by atoms with van der Waals surface area (Å²) in [6, 6.07) is 5.41. The molecule has 3 aromatic heterocycles. The second-order valence-corrected chi connectivity index (χ2v) is 6.27. The highest BCUT2D eigenvalue weighted by Crippen LogP contribution is 2.08. The number of carbonyl (C=O) groups is 1. The summed E-state index contributed by atoms with van der Waals surface area (Å²) >= 11 is 1.54. The van der Waals surface area contributed by atoms with Gasteiger partial charge in [-0.05, 0) is 31.6 Å². The molecule has 0 bridgehead atoms. The highest BCUT2D eigenvalue weighted by atomic mass is 32.1. The predicted octanol–water partition coefficient (Wildman–Crippen LogP) is 1.48. The van der Waals surface area contributed by atoms with Crippen LogP contribution in [0.5, 0.6) is 0 Å². The molecule has 0 aliphatic heterocycles. The van der Waals surface area contributed by atoms with Gasteiger partial charge in [0.2, 0.25) is 5.91 Å². The van der Waals surface area contributed by atoms with Crippen LogP contribution < -0.4 is 11.0 Å². The van der Waals surface area contributed by atoms with Crippen LogP contribution in [0.3, 0.4) is 0 Å². The molecule has 0 fully saturated rings. The summed E-state index contributed by atoms with van der Waals surface area (Å²) in [7, 11) is 0. The van der Waals surface area contributed by atoms with E-state index in [4.69, 9.17) is 0 Å². The molecule has 0 radical (unpaired) electrons. The first-order valence-electron chi connectivity index (χ1n) is 7.56. The molecule has 24 heavy (non-hydrogen) atoms. The molecule has 0 saturated carbocycles. The van der Waals surface area contributed by atoms with Crippen LogP contribution >= 0.6 is 11.3 Å². The van der Waals surface area contributed by atoms with E-state index in [1.807, 2.05) is 18.4 Å². The zero-order valence-corrected chi connectivity index (χ0v) is 14.0. The molecule has 0 aliphatic rings. The smallest absolute Gasteiger partial charge is 0.350 e. The summed E-state index contributed by atoms with van der Waals surface area (Å²) in [5.74, 6) is -0.178. The van der Waals surface area contributed by atoms with Gasteiger partial charge in [-0.3, -0.25) is 9.20 Å². The lowest BCUT2D eigenvalue weighted by atomic mass is 10.3. The molecule has 3 rings (SSSR count). The van der Waals surface area contributed by atoms with E-state index in [2.05, 4.69) is 15.4 Å². The van der Waals surface area contributed by atoms with Gasteiger partial charge in [-0.25, -0.2) is 14.5 Å². The Balaban J connectivity index is 1.48. The van der Waals surface area contributed by atoms with E-state index in [9.17, 15) is 9.59 Å². The third-order valence-electron chi connectivity index (χ3n) is 3.38. The van der Waals surface area contributed by atoms with Gasteiger partial charge in [0.05, 0.1) is 10.7 Å². The number of pyridine rings is 1. The number of hydrogen-bond acceptors (Lipinski definition) is 5. The minimum absolute atomic E-state index is 0.171. The molecule has 8 heteroatoms. The quantitative estimate of drug-likeness (QED) is 0.543. The first-order valence-corrected chi connectivity index (χ1v) is 8.44. The fraction of sp³-hybridized carbons (Fsp3) is 0.250. The molecule has 0 spiro atoms. The van der Waals surface area contributed by atoms with E-state index in [0.717, 1.165) is 10.7 Å². The molecular weight excluding hydrogens is 326 g/mol. The first-order chi connectivity index (χ1) is 11.6. The van der Waals surface area contributed by atoms with Gasteiger partial charge in [-0.2, -0.15) is 0 Å². The van der Waals surface area contributed by atoms with E-state index in [1.165, 1.54) is 15.2 Å². The highest BCUT2D eigenvalue weighted by molar-refractivity contribution is 7.09. The molecule has 3 aromatic rings. The van der Waals surface area contributed by atoms with Crippen molar-refractivity contribution in [3.05, 3.63) is 57.0 Å². The molecule has 3 heterocycles. The molecule has 1 N–H and O–H groups in total. The van der Waals surface area contributed by atoms with Crippen molar-refractivity contribution >= 4 is 29.0 Å². The van der Waals surface area contributed by atoms with E-state index in [-0.39, 0.29) is 11.6 Å². The maximum atomic E-state index is 12.1. The Morgan fingerprint density at radius 1 is 1.42 bits per heavy atom. The summed E-state index contributed by atoms with van der Waals surface area (Å²) < 4.78 is 2.91. The molecule has 7 nitrogen and oxygen atoms in total. The van der Waals surface area contributed by atoms with Crippen LogP contribution in [0.1, 0.15) is 17.1 Å². The SMILES string of the molecule is Cc1nc(/C=C/C(=O)NCCCn2nc3ccccn3c2=O)cs1. The third-order valence-corrected chi connectivity index (χ3v) is 4.17. The summed E-state index contributed by atoms with van der Waals surface area (Å²) in [6.45, 7) is 2.85. The Morgan fingerprint density at radius 2 is 2.29 bits per heavy atom. The van der Waals surface area contributed by atoms with Gasteiger partial charge >= 0.3 is 5.69 Å². The average molecular weight is 343 g/mol. The number of amides is 1. The fourth-order valence-corrected chi connectivity index (χ4v) is 2.81. The van der Waals surface area contributed by atoms with Gasteiger partial charge in [0.25, 0.3) is 0 Å². The van der Waals surface area contributed by atoms with Gasteiger partial charge in [-0.1, -0.05) is 6.07 Å². The largest absolute Gasteiger partial charge is 0.352 e. The fourth-order valence-electron chi connectivity index (χ4n) is 2.23. The normalized spacial score (nSPS) is 11.4. The molecular formula is C16H17N5O2S. The van der Waals surface area contributed by atoms with Crippen molar-refractivity contribution in [2.24, 2.45) is 0 Å². The third kappa shape index (κ3) is 3.77. The minimum Gasteiger partial charge on any atom is -0.352 e. The Bertz CT molecular complexity index is 937. The molecule has 1 amide bonds. The van der Waals surface area contributed by atoms with Gasteiger partial charge in [0, 0.05) is 30.7 Å². The molecule has 0 atom stereocenters. The van der Waals surface area contributed by atoms with E-state index in [1.54, 1.807) is 35.7 Å². The van der Waals surface area contributed by atoms with E-state index in [0.29, 0.717) is 25.2 Å². The van der Waals surface area contributed by atoms with Crippen molar-refractivity contribution in [3.8, 4) is 0 Å². The lowest BCUT2D eigenvalue weighted by Crippen LogP contribution is -2.26. The van der Waals surface area contributed by atoms with Crippen molar-refractivity contribution in [1.29, 1.82) is 0 Å². The van der Waals surface area contributed by atoms with E-state index < -0.39 is 0 Å². The van der Waals surface area contributed by atoms with Crippen molar-refractivity contribution in [1.82, 2.24) is 24.5 Å². The summed E-state index contributed by atoms with van der Waals surface area (Å²) in [4.78, 5) is 28.1. The summed E-state index contributed by atoms with van der Waals surface area (Å²) in [5, 5.41) is 9.89. The van der Waals surface area contributed by atoms with Crippen LogP contribution in [0.2, 0.25) is 0 Å². The molecule has 0 unspecified atom stereocenters. The molecule has 0 aromatic carbocycles. The number of carbonyl (C=O) groups excluding carboxylic acids is 1. The lowest BCUT2D eigenvalue weighted by molar-refractivity contribution is -0.116. The van der Waals surface area contributed by atoms with Gasteiger partial charge < -0.3 is 5.32 Å². The summed E-state index contributed by atoms with van der Waals surface area (Å²) in [6.07, 6.45) is 5.46. The highest BCUT2D eigenvalue weighted by Gasteiger charge is 2.05. The Morgan fingerprint density at radius 3 is 3.04 bits per heavy atom. The number of aromatic nitrogens is 4. The van der Waals surface area contributed by atoms with Gasteiger partial charge in [-0.15, -0.1) is 16.4 Å². The topological polar surface area (TPSA) is 81.3 Å². The number of fused-ring (bicyclic) bond motifs is 1. The standard InChI is InChI=1S/C16H17N5O2S/c1-12-18-13(11-24-12)6-7-15(22)17-8-4-10-21-16(23)20-9-3-2-5-14(20)19-21/h2-3,5-7,9,11H,4,8,10H2,1H3,(H,17,22)/b7-6+. The first kappa shape index (κ1) is 16.1. The molecule has 124 valence electrons. The zero-order chi connectivity index (χ0) is 16.9. The van der Waals surface area contributed by atoms with Crippen LogP contribution in [0.4, 0.5) is 0 Å². The lowest BCUT2D eigenvalue weighted by Gasteiger charge is -2.01. The van der Waals surface area contributed by atoms with Gasteiger partial charge in [0.1, 0.15) is 0 Å². The maximum Gasteiger partial charge on any atom is 0.350 e. The Labute approximate surface area is 142 Å². The zero-order valence-electron chi connectivity index (χ0n) is 13.2. The Hall–Kier alpha value is -2.74. The maximum absolute atomic E-state index is 12.1. The molecule has 0 aliphatic carbocycles. The number of hydrogen-bond donors (Lipinski definition) is 1.